The lowest BCUT2D eigenvalue weighted by Crippen LogP contribution is -2.50. The molecule has 1 saturated heterocycles. The van der Waals surface area contributed by atoms with Gasteiger partial charge in [0.1, 0.15) is 0 Å². The molecule has 2 amide bonds. The molecule has 7 nitrogen and oxygen atoms in total. The molecule has 1 fully saturated rings. The third-order valence-electron chi connectivity index (χ3n) is 4.86. The molecule has 0 aliphatic carbocycles. The molecule has 1 aromatic heterocycles. The van der Waals surface area contributed by atoms with Gasteiger partial charge in [0.2, 0.25) is 0 Å². The van der Waals surface area contributed by atoms with Crippen LogP contribution in [-0.4, -0.2) is 64.4 Å². The van der Waals surface area contributed by atoms with E-state index in [1.54, 1.807) is 21.4 Å². The lowest BCUT2D eigenvalue weighted by Gasteiger charge is -2.33. The molecule has 0 unspecified atom stereocenters. The fourth-order valence-electron chi connectivity index (χ4n) is 3.30. The number of piperazine rings is 1. The molecule has 27 heavy (non-hydrogen) atoms. The highest BCUT2D eigenvalue weighted by atomic mass is 16.6. The zero-order valence-corrected chi connectivity index (χ0v) is 16.4. The van der Waals surface area contributed by atoms with E-state index >= 15 is 0 Å². The van der Waals surface area contributed by atoms with E-state index in [9.17, 15) is 9.59 Å². The monoisotopic (exact) mass is 370 g/mol. The average molecular weight is 370 g/mol. The number of benzene rings is 1. The molecule has 0 radical (unpaired) electrons. The standard InChI is InChI=1S/C20H26N4O3/c1-5-27-20(26)24-10-8-23(9-11-24)19(25)17-13-18(22(4)21-17)16-12-14(2)6-7-15(16)3/h6-7,12-13H,5,8-11H2,1-4H3. The molecule has 144 valence electrons. The maximum absolute atomic E-state index is 12.9. The van der Waals surface area contributed by atoms with Crippen molar-refractivity contribution in [1.82, 2.24) is 19.6 Å². The first-order valence-corrected chi connectivity index (χ1v) is 9.23. The van der Waals surface area contributed by atoms with Crippen LogP contribution < -0.4 is 0 Å². The van der Waals surface area contributed by atoms with Crippen molar-refractivity contribution >= 4 is 12.0 Å². The molecule has 0 N–H and O–H groups in total. The summed E-state index contributed by atoms with van der Waals surface area (Å²) in [6, 6.07) is 8.11. The van der Waals surface area contributed by atoms with Gasteiger partial charge in [0.05, 0.1) is 12.3 Å². The first kappa shape index (κ1) is 18.9. The van der Waals surface area contributed by atoms with E-state index in [0.29, 0.717) is 38.5 Å². The number of ether oxygens (including phenoxy) is 1. The van der Waals surface area contributed by atoms with Gasteiger partial charge in [-0.1, -0.05) is 17.7 Å². The topological polar surface area (TPSA) is 67.7 Å². The van der Waals surface area contributed by atoms with E-state index in [1.807, 2.05) is 13.1 Å². The number of aryl methyl sites for hydroxylation is 3. The first-order valence-electron chi connectivity index (χ1n) is 9.23. The maximum atomic E-state index is 12.9. The van der Waals surface area contributed by atoms with Gasteiger partial charge in [0, 0.05) is 38.8 Å². The van der Waals surface area contributed by atoms with E-state index in [-0.39, 0.29) is 12.0 Å². The van der Waals surface area contributed by atoms with E-state index in [2.05, 4.69) is 37.1 Å². The second-order valence-corrected chi connectivity index (χ2v) is 6.83. The molecule has 3 rings (SSSR count). The number of nitrogens with zero attached hydrogens (tertiary/aromatic N) is 4. The predicted octanol–water partition coefficient (Wildman–Crippen LogP) is 2.62. The Labute approximate surface area is 159 Å². The first-order chi connectivity index (χ1) is 12.9. The van der Waals surface area contributed by atoms with Crippen molar-refractivity contribution in [3.8, 4) is 11.3 Å². The molecule has 0 bridgehead atoms. The highest BCUT2D eigenvalue weighted by Crippen LogP contribution is 2.25. The SMILES string of the molecule is CCOC(=O)N1CCN(C(=O)c2cc(-c3cc(C)ccc3C)n(C)n2)CC1. The van der Waals surface area contributed by atoms with Crippen LogP contribution in [0, 0.1) is 13.8 Å². The van der Waals surface area contributed by atoms with Crippen LogP contribution in [0.15, 0.2) is 24.3 Å². The van der Waals surface area contributed by atoms with Crippen LogP contribution in [0.3, 0.4) is 0 Å². The summed E-state index contributed by atoms with van der Waals surface area (Å²) < 4.78 is 6.77. The quantitative estimate of drug-likeness (QED) is 0.833. The number of carbonyl (C=O) groups is 2. The molecular formula is C20H26N4O3. The molecule has 1 aromatic carbocycles. The van der Waals surface area contributed by atoms with Crippen LogP contribution in [0.4, 0.5) is 4.79 Å². The van der Waals surface area contributed by atoms with Crippen LogP contribution in [0.2, 0.25) is 0 Å². The van der Waals surface area contributed by atoms with Gasteiger partial charge < -0.3 is 14.5 Å². The van der Waals surface area contributed by atoms with Gasteiger partial charge in [-0.05, 0) is 38.5 Å². The van der Waals surface area contributed by atoms with Crippen molar-refractivity contribution in [3.05, 3.63) is 41.1 Å². The van der Waals surface area contributed by atoms with Crippen molar-refractivity contribution < 1.29 is 14.3 Å². The summed E-state index contributed by atoms with van der Waals surface area (Å²) in [5, 5.41) is 4.44. The number of amides is 2. The summed E-state index contributed by atoms with van der Waals surface area (Å²) in [4.78, 5) is 28.0. The minimum Gasteiger partial charge on any atom is -0.450 e. The van der Waals surface area contributed by atoms with Gasteiger partial charge in [-0.15, -0.1) is 0 Å². The molecule has 0 atom stereocenters. The third-order valence-corrected chi connectivity index (χ3v) is 4.86. The Kier molecular flexibility index (Phi) is 5.48. The number of hydrogen-bond acceptors (Lipinski definition) is 4. The summed E-state index contributed by atoms with van der Waals surface area (Å²) in [6.45, 7) is 8.15. The molecule has 7 heteroatoms. The van der Waals surface area contributed by atoms with Crippen molar-refractivity contribution in [1.29, 1.82) is 0 Å². The maximum Gasteiger partial charge on any atom is 0.409 e. The van der Waals surface area contributed by atoms with Crippen LogP contribution in [-0.2, 0) is 11.8 Å². The highest BCUT2D eigenvalue weighted by Gasteiger charge is 2.27. The molecule has 0 saturated carbocycles. The zero-order chi connectivity index (χ0) is 19.6. The highest BCUT2D eigenvalue weighted by molar-refractivity contribution is 5.93. The Morgan fingerprint density at radius 1 is 1.07 bits per heavy atom. The van der Waals surface area contributed by atoms with Crippen molar-refractivity contribution in [3.63, 3.8) is 0 Å². The Morgan fingerprint density at radius 2 is 1.74 bits per heavy atom. The molecule has 2 aromatic rings. The second-order valence-electron chi connectivity index (χ2n) is 6.83. The average Bonchev–Trinajstić information content (AvgIpc) is 3.05. The summed E-state index contributed by atoms with van der Waals surface area (Å²) >= 11 is 0. The van der Waals surface area contributed by atoms with Crippen molar-refractivity contribution in [2.45, 2.75) is 20.8 Å². The summed E-state index contributed by atoms with van der Waals surface area (Å²) in [6.07, 6.45) is -0.320. The number of carbonyl (C=O) groups excluding carboxylic acids is 2. The van der Waals surface area contributed by atoms with Gasteiger partial charge in [0.25, 0.3) is 5.91 Å². The minimum absolute atomic E-state index is 0.106. The van der Waals surface area contributed by atoms with Crippen LogP contribution >= 0.6 is 0 Å². The van der Waals surface area contributed by atoms with Crippen LogP contribution in [0.5, 0.6) is 0 Å². The second kappa shape index (κ2) is 7.82. The fourth-order valence-corrected chi connectivity index (χ4v) is 3.30. The van der Waals surface area contributed by atoms with E-state index in [0.717, 1.165) is 16.8 Å². The van der Waals surface area contributed by atoms with Gasteiger partial charge >= 0.3 is 6.09 Å². The Bertz CT molecular complexity index is 851. The van der Waals surface area contributed by atoms with Crippen LogP contribution in [0.25, 0.3) is 11.3 Å². The van der Waals surface area contributed by atoms with Gasteiger partial charge in [-0.2, -0.15) is 5.10 Å². The van der Waals surface area contributed by atoms with Crippen molar-refractivity contribution in [2.24, 2.45) is 7.05 Å². The Morgan fingerprint density at radius 3 is 2.41 bits per heavy atom. The van der Waals surface area contributed by atoms with E-state index in [1.165, 1.54) is 5.56 Å². The van der Waals surface area contributed by atoms with Gasteiger partial charge in [-0.3, -0.25) is 9.48 Å². The summed E-state index contributed by atoms with van der Waals surface area (Å²) in [7, 11) is 1.85. The largest absolute Gasteiger partial charge is 0.450 e. The lowest BCUT2D eigenvalue weighted by atomic mass is 10.0. The Hall–Kier alpha value is -2.83. The predicted molar refractivity (Wildman–Crippen MR) is 103 cm³/mol. The summed E-state index contributed by atoms with van der Waals surface area (Å²) in [5.74, 6) is -0.106. The summed E-state index contributed by atoms with van der Waals surface area (Å²) in [5.41, 5.74) is 4.74. The van der Waals surface area contributed by atoms with Gasteiger partial charge in [0.15, 0.2) is 5.69 Å². The normalized spacial score (nSPS) is 14.4. The van der Waals surface area contributed by atoms with Gasteiger partial charge in [-0.25, -0.2) is 4.79 Å². The third kappa shape index (κ3) is 3.97. The molecule has 2 heterocycles. The Balaban J connectivity index is 1.74. The number of hydrogen-bond donors (Lipinski definition) is 0. The zero-order valence-electron chi connectivity index (χ0n) is 16.4. The van der Waals surface area contributed by atoms with E-state index in [4.69, 9.17) is 4.74 Å². The van der Waals surface area contributed by atoms with Crippen LogP contribution in [0.1, 0.15) is 28.5 Å². The molecule has 0 spiro atoms. The van der Waals surface area contributed by atoms with E-state index < -0.39 is 0 Å². The number of rotatable bonds is 3. The molecule has 1 aliphatic heterocycles. The van der Waals surface area contributed by atoms with Crippen molar-refractivity contribution in [2.75, 3.05) is 32.8 Å². The smallest absolute Gasteiger partial charge is 0.409 e. The minimum atomic E-state index is -0.320. The molecule has 1 aliphatic rings. The fraction of sp³-hybridized carbons (Fsp3) is 0.450. The lowest BCUT2D eigenvalue weighted by molar-refractivity contribution is 0.0565. The number of aromatic nitrogens is 2. The molecular weight excluding hydrogens is 344 g/mol.